The Bertz CT molecular complexity index is 748. The number of ether oxygens (including phenoxy) is 1. The lowest BCUT2D eigenvalue weighted by Gasteiger charge is -2.19. The molecule has 1 amide bonds. The van der Waals surface area contributed by atoms with E-state index in [0.717, 1.165) is 42.9 Å². The molecule has 6 heteroatoms. The molecule has 1 aromatic heterocycles. The van der Waals surface area contributed by atoms with Crippen LogP contribution in [-0.2, 0) is 16.0 Å². The molecule has 25 heavy (non-hydrogen) atoms. The second kappa shape index (κ2) is 7.78. The van der Waals surface area contributed by atoms with Gasteiger partial charge in [0.05, 0.1) is 0 Å². The summed E-state index contributed by atoms with van der Waals surface area (Å²) < 4.78 is 5.31. The lowest BCUT2D eigenvalue weighted by atomic mass is 10.1. The number of aromatic nitrogens is 1. The summed E-state index contributed by atoms with van der Waals surface area (Å²) in [7, 11) is 0. The molecule has 3 rings (SSSR count). The fourth-order valence-corrected chi connectivity index (χ4v) is 3.64. The van der Waals surface area contributed by atoms with Gasteiger partial charge in [0.1, 0.15) is 5.01 Å². The summed E-state index contributed by atoms with van der Waals surface area (Å²) in [6.07, 6.45) is 2.23. The van der Waals surface area contributed by atoms with Gasteiger partial charge in [0.25, 0.3) is 5.91 Å². The smallest absolute Gasteiger partial charge is 0.358 e. The van der Waals surface area contributed by atoms with Crippen LogP contribution in [0.3, 0.4) is 0 Å². The van der Waals surface area contributed by atoms with E-state index in [1.165, 1.54) is 16.9 Å². The molecule has 2 heterocycles. The minimum absolute atomic E-state index is 0.128. The van der Waals surface area contributed by atoms with Crippen molar-refractivity contribution in [2.75, 3.05) is 13.1 Å². The van der Waals surface area contributed by atoms with Gasteiger partial charge in [0, 0.05) is 24.0 Å². The topological polar surface area (TPSA) is 59.5 Å². The van der Waals surface area contributed by atoms with E-state index in [-0.39, 0.29) is 11.6 Å². The number of nitrogens with zero attached hydrogens (tertiary/aromatic N) is 2. The number of rotatable bonds is 5. The van der Waals surface area contributed by atoms with Crippen molar-refractivity contribution in [3.05, 3.63) is 40.9 Å². The normalized spacial score (nSPS) is 15.2. The summed E-state index contributed by atoms with van der Waals surface area (Å²) in [6, 6.07) is 8.13. The van der Waals surface area contributed by atoms with Crippen LogP contribution >= 0.6 is 11.3 Å². The van der Waals surface area contributed by atoms with Gasteiger partial charge >= 0.3 is 5.97 Å². The first kappa shape index (κ1) is 17.6. The van der Waals surface area contributed by atoms with Crippen LogP contribution in [0.5, 0.6) is 0 Å². The molecule has 132 valence electrons. The Hall–Kier alpha value is -2.21. The van der Waals surface area contributed by atoms with Crippen molar-refractivity contribution in [3.8, 4) is 10.6 Å². The van der Waals surface area contributed by atoms with Crippen molar-refractivity contribution in [2.24, 2.45) is 0 Å². The fourth-order valence-electron chi connectivity index (χ4n) is 2.85. The van der Waals surface area contributed by atoms with Gasteiger partial charge in [-0.1, -0.05) is 31.2 Å². The number of hydrogen-bond acceptors (Lipinski definition) is 5. The predicted molar refractivity (Wildman–Crippen MR) is 97.6 cm³/mol. The number of amides is 1. The standard InChI is InChI=1S/C19H22N2O3S/c1-3-14-6-8-15(9-7-14)17-20-16(12-25-17)19(23)24-13(2)18(22)21-10-4-5-11-21/h6-9,12-13H,3-5,10-11H2,1-2H3/t13-/m0/s1. The molecule has 1 fully saturated rings. The molecule has 2 aromatic rings. The van der Waals surface area contributed by atoms with E-state index >= 15 is 0 Å². The number of benzene rings is 1. The molecule has 1 saturated heterocycles. The third kappa shape index (κ3) is 4.07. The van der Waals surface area contributed by atoms with E-state index in [2.05, 4.69) is 24.0 Å². The molecular formula is C19H22N2O3S. The van der Waals surface area contributed by atoms with Crippen LogP contribution in [-0.4, -0.2) is 41.0 Å². The van der Waals surface area contributed by atoms with E-state index in [4.69, 9.17) is 4.74 Å². The summed E-state index contributed by atoms with van der Waals surface area (Å²) in [6.45, 7) is 5.22. The summed E-state index contributed by atoms with van der Waals surface area (Å²) in [4.78, 5) is 30.6. The minimum Gasteiger partial charge on any atom is -0.448 e. The molecular weight excluding hydrogens is 336 g/mol. The number of carbonyl (C=O) groups is 2. The van der Waals surface area contributed by atoms with Gasteiger partial charge in [0.2, 0.25) is 0 Å². The molecule has 0 bridgehead atoms. The Morgan fingerprint density at radius 2 is 1.92 bits per heavy atom. The van der Waals surface area contributed by atoms with Crippen LogP contribution in [0.4, 0.5) is 0 Å². The molecule has 0 spiro atoms. The molecule has 0 aliphatic carbocycles. The van der Waals surface area contributed by atoms with Gasteiger partial charge in [-0.15, -0.1) is 11.3 Å². The average molecular weight is 358 g/mol. The van der Waals surface area contributed by atoms with Crippen molar-refractivity contribution < 1.29 is 14.3 Å². The maximum atomic E-state index is 12.3. The summed E-state index contributed by atoms with van der Waals surface area (Å²) in [5.41, 5.74) is 2.48. The summed E-state index contributed by atoms with van der Waals surface area (Å²) in [5, 5.41) is 2.45. The molecule has 1 aromatic carbocycles. The first-order valence-corrected chi connectivity index (χ1v) is 9.51. The second-order valence-electron chi connectivity index (χ2n) is 6.17. The van der Waals surface area contributed by atoms with Crippen LogP contribution in [0.2, 0.25) is 0 Å². The monoisotopic (exact) mass is 358 g/mol. The zero-order chi connectivity index (χ0) is 17.8. The minimum atomic E-state index is -0.778. The first-order chi connectivity index (χ1) is 12.1. The molecule has 0 saturated carbocycles. The molecule has 1 aliphatic heterocycles. The molecule has 1 aliphatic rings. The highest BCUT2D eigenvalue weighted by Crippen LogP contribution is 2.24. The molecule has 0 unspecified atom stereocenters. The number of aryl methyl sites for hydroxylation is 1. The maximum Gasteiger partial charge on any atom is 0.358 e. The Balaban J connectivity index is 1.64. The van der Waals surface area contributed by atoms with E-state index in [1.54, 1.807) is 17.2 Å². The van der Waals surface area contributed by atoms with E-state index in [9.17, 15) is 9.59 Å². The van der Waals surface area contributed by atoms with Crippen LogP contribution in [0, 0.1) is 0 Å². The van der Waals surface area contributed by atoms with Crippen molar-refractivity contribution in [3.63, 3.8) is 0 Å². The van der Waals surface area contributed by atoms with Gasteiger partial charge < -0.3 is 9.64 Å². The van der Waals surface area contributed by atoms with Crippen molar-refractivity contribution in [2.45, 2.75) is 39.2 Å². The highest BCUT2D eigenvalue weighted by Gasteiger charge is 2.27. The maximum absolute atomic E-state index is 12.3. The number of carbonyl (C=O) groups excluding carboxylic acids is 2. The van der Waals surface area contributed by atoms with Crippen molar-refractivity contribution in [1.29, 1.82) is 0 Å². The second-order valence-corrected chi connectivity index (χ2v) is 7.03. The Kier molecular flexibility index (Phi) is 5.48. The highest BCUT2D eigenvalue weighted by atomic mass is 32.1. The van der Waals surface area contributed by atoms with Gasteiger partial charge in [-0.25, -0.2) is 9.78 Å². The molecule has 0 radical (unpaired) electrons. The van der Waals surface area contributed by atoms with Gasteiger partial charge in [-0.2, -0.15) is 0 Å². The van der Waals surface area contributed by atoms with Crippen molar-refractivity contribution in [1.82, 2.24) is 9.88 Å². The number of thiazole rings is 1. The Labute approximate surface area is 151 Å². The van der Waals surface area contributed by atoms with E-state index in [1.807, 2.05) is 12.1 Å². The number of hydrogen-bond donors (Lipinski definition) is 0. The quantitative estimate of drug-likeness (QED) is 0.767. The van der Waals surface area contributed by atoms with Crippen LogP contribution in [0.15, 0.2) is 29.6 Å². The van der Waals surface area contributed by atoms with Crippen molar-refractivity contribution >= 4 is 23.2 Å². The largest absolute Gasteiger partial charge is 0.448 e. The Morgan fingerprint density at radius 1 is 1.24 bits per heavy atom. The molecule has 5 nitrogen and oxygen atoms in total. The zero-order valence-electron chi connectivity index (χ0n) is 14.5. The van der Waals surface area contributed by atoms with E-state index in [0.29, 0.717) is 0 Å². The summed E-state index contributed by atoms with van der Waals surface area (Å²) in [5.74, 6) is -0.677. The lowest BCUT2D eigenvalue weighted by molar-refractivity contribution is -0.138. The van der Waals surface area contributed by atoms with Crippen LogP contribution in [0.25, 0.3) is 10.6 Å². The average Bonchev–Trinajstić information content (AvgIpc) is 3.33. The third-order valence-corrected chi connectivity index (χ3v) is 5.26. The predicted octanol–water partition coefficient (Wildman–Crippen LogP) is 3.54. The Morgan fingerprint density at radius 3 is 2.56 bits per heavy atom. The fraction of sp³-hybridized carbons (Fsp3) is 0.421. The lowest BCUT2D eigenvalue weighted by Crippen LogP contribution is -2.38. The van der Waals surface area contributed by atoms with E-state index < -0.39 is 12.1 Å². The highest BCUT2D eigenvalue weighted by molar-refractivity contribution is 7.13. The third-order valence-electron chi connectivity index (χ3n) is 4.37. The summed E-state index contributed by atoms with van der Waals surface area (Å²) >= 11 is 1.40. The first-order valence-electron chi connectivity index (χ1n) is 8.63. The number of esters is 1. The van der Waals surface area contributed by atoms with Crippen LogP contribution < -0.4 is 0 Å². The SMILES string of the molecule is CCc1ccc(-c2nc(C(=O)O[C@@H](C)C(=O)N3CCCC3)cs2)cc1. The van der Waals surface area contributed by atoms with Crippen LogP contribution in [0.1, 0.15) is 42.7 Å². The molecule has 0 N–H and O–H groups in total. The van der Waals surface area contributed by atoms with Gasteiger partial charge in [-0.05, 0) is 31.7 Å². The van der Waals surface area contributed by atoms with Gasteiger partial charge in [-0.3, -0.25) is 4.79 Å². The molecule has 1 atom stereocenters. The van der Waals surface area contributed by atoms with Gasteiger partial charge in [0.15, 0.2) is 11.8 Å². The zero-order valence-corrected chi connectivity index (χ0v) is 15.3. The number of likely N-dealkylation sites (tertiary alicyclic amines) is 1.